The van der Waals surface area contributed by atoms with Crippen LogP contribution in [0.3, 0.4) is 0 Å². The number of rotatable bonds is 11. The Kier molecular flexibility index (Phi) is 15.8. The number of carbonyl (C=O) groups is 3. The van der Waals surface area contributed by atoms with E-state index in [0.29, 0.717) is 6.54 Å². The van der Waals surface area contributed by atoms with Crippen molar-refractivity contribution < 1.29 is 34.2 Å². The summed E-state index contributed by atoms with van der Waals surface area (Å²) < 4.78 is 0. The number of urea groups is 1. The third kappa shape index (κ3) is 17.5. The van der Waals surface area contributed by atoms with E-state index in [2.05, 4.69) is 16.0 Å². The molecule has 0 aliphatic rings. The number of carbonyl (C=O) groups excluding carboxylic acids is 3. The van der Waals surface area contributed by atoms with Crippen LogP contribution in [0, 0.1) is 0 Å². The van der Waals surface area contributed by atoms with Crippen LogP contribution >= 0.6 is 0 Å². The molecule has 0 spiro atoms. The number of unbranched alkanes of at least 4 members (excludes halogenated alkanes) is 2. The zero-order chi connectivity index (χ0) is 18.1. The van der Waals surface area contributed by atoms with Crippen molar-refractivity contribution in [1.82, 2.24) is 16.0 Å². The molecule has 0 aliphatic heterocycles. The van der Waals surface area contributed by atoms with Crippen LogP contribution < -0.4 is 16.0 Å². The summed E-state index contributed by atoms with van der Waals surface area (Å²) in [5.74, 6) is -2.33. The first-order valence-electron chi connectivity index (χ1n) is 7.01. The molecular weight excluding hydrogens is 310 g/mol. The van der Waals surface area contributed by atoms with E-state index in [1.165, 1.54) is 0 Å². The Labute approximate surface area is 133 Å². The van der Waals surface area contributed by atoms with Gasteiger partial charge in [-0.2, -0.15) is 9.59 Å². The minimum Gasteiger partial charge on any atom is -0.481 e. The number of aliphatic carboxylic acids is 2. The average molecular weight is 333 g/mol. The van der Waals surface area contributed by atoms with Gasteiger partial charge < -0.3 is 26.2 Å². The monoisotopic (exact) mass is 333 g/mol. The predicted molar refractivity (Wildman–Crippen MR) is 77.6 cm³/mol. The second-order valence-electron chi connectivity index (χ2n) is 4.47. The summed E-state index contributed by atoms with van der Waals surface area (Å²) in [5.41, 5.74) is 0. The molecule has 0 unspecified atom stereocenters. The lowest BCUT2D eigenvalue weighted by Crippen LogP contribution is -2.46. The Morgan fingerprint density at radius 1 is 1.04 bits per heavy atom. The lowest BCUT2D eigenvalue weighted by atomic mass is 10.1. The largest absolute Gasteiger partial charge is 0.481 e. The van der Waals surface area contributed by atoms with Crippen molar-refractivity contribution in [3.63, 3.8) is 0 Å². The van der Waals surface area contributed by atoms with Gasteiger partial charge in [-0.15, -0.1) is 0 Å². The molecule has 23 heavy (non-hydrogen) atoms. The highest BCUT2D eigenvalue weighted by atomic mass is 16.4. The van der Waals surface area contributed by atoms with Gasteiger partial charge in [0.05, 0.1) is 0 Å². The minimum absolute atomic E-state index is 0.139. The van der Waals surface area contributed by atoms with Crippen LogP contribution in [0.25, 0.3) is 0 Å². The van der Waals surface area contributed by atoms with Crippen LogP contribution in [0.15, 0.2) is 0 Å². The lowest BCUT2D eigenvalue weighted by Gasteiger charge is -2.14. The highest BCUT2D eigenvalue weighted by molar-refractivity contribution is 5.82. The van der Waals surface area contributed by atoms with Gasteiger partial charge in [0.25, 0.3) is 0 Å². The molecule has 132 valence electrons. The molecule has 0 bridgehead atoms. The first-order valence-corrected chi connectivity index (χ1v) is 7.01. The minimum atomic E-state index is -1.24. The normalized spacial score (nSPS) is 10.5. The molecule has 0 fully saturated rings. The topological polar surface area (TPSA) is 162 Å². The first-order chi connectivity index (χ1) is 10.9. The summed E-state index contributed by atoms with van der Waals surface area (Å²) >= 11 is 0. The van der Waals surface area contributed by atoms with Crippen molar-refractivity contribution in [2.75, 3.05) is 20.1 Å². The van der Waals surface area contributed by atoms with Crippen molar-refractivity contribution in [2.24, 2.45) is 0 Å². The molecule has 0 aromatic heterocycles. The quantitative estimate of drug-likeness (QED) is 0.313. The second kappa shape index (κ2) is 15.9. The highest BCUT2D eigenvalue weighted by Crippen LogP contribution is 1.98. The van der Waals surface area contributed by atoms with Crippen molar-refractivity contribution in [3.05, 3.63) is 0 Å². The fraction of sp³-hybridized carbons (Fsp3) is 0.692. The molecule has 5 N–H and O–H groups in total. The fourth-order valence-corrected chi connectivity index (χ4v) is 1.54. The van der Waals surface area contributed by atoms with E-state index in [-0.39, 0.29) is 19.0 Å². The van der Waals surface area contributed by atoms with E-state index in [0.717, 1.165) is 25.8 Å². The molecular formula is C13H23N3O7. The molecule has 0 radical (unpaired) electrons. The Morgan fingerprint density at radius 2 is 1.61 bits per heavy atom. The number of hydrogen-bond acceptors (Lipinski definition) is 6. The van der Waals surface area contributed by atoms with E-state index < -0.39 is 24.0 Å². The Bertz CT molecular complexity index is 395. The van der Waals surface area contributed by atoms with Gasteiger partial charge in [0, 0.05) is 13.0 Å². The van der Waals surface area contributed by atoms with Crippen LogP contribution in [0.2, 0.25) is 0 Å². The van der Waals surface area contributed by atoms with Gasteiger partial charge in [-0.3, -0.25) is 4.79 Å². The highest BCUT2D eigenvalue weighted by Gasteiger charge is 2.20. The molecule has 1 atom stereocenters. The molecule has 0 saturated heterocycles. The van der Waals surface area contributed by atoms with E-state index in [1.807, 2.05) is 7.05 Å². The van der Waals surface area contributed by atoms with Crippen molar-refractivity contribution >= 4 is 24.1 Å². The summed E-state index contributed by atoms with van der Waals surface area (Å²) in [4.78, 5) is 48.9. The summed E-state index contributed by atoms with van der Waals surface area (Å²) in [5, 5.41) is 25.2. The molecule has 0 rings (SSSR count). The van der Waals surface area contributed by atoms with E-state index in [9.17, 15) is 14.4 Å². The second-order valence-corrected chi connectivity index (χ2v) is 4.47. The fourth-order valence-electron chi connectivity index (χ4n) is 1.54. The smallest absolute Gasteiger partial charge is 0.373 e. The van der Waals surface area contributed by atoms with Crippen molar-refractivity contribution in [3.8, 4) is 0 Å². The third-order valence-corrected chi connectivity index (χ3v) is 2.64. The Hall–Kier alpha value is -2.45. The zero-order valence-electron chi connectivity index (χ0n) is 13.0. The van der Waals surface area contributed by atoms with Crippen molar-refractivity contribution in [2.45, 2.75) is 38.1 Å². The number of amides is 2. The molecule has 10 heteroatoms. The molecule has 0 heterocycles. The number of carboxylic acid groups (broad SMARTS) is 2. The number of hydrogen-bond donors (Lipinski definition) is 5. The Morgan fingerprint density at radius 3 is 2.09 bits per heavy atom. The summed E-state index contributed by atoms with van der Waals surface area (Å²) in [6.07, 6.45) is 2.59. The summed E-state index contributed by atoms with van der Waals surface area (Å²) in [6.45, 7) is 1.38. The SMILES string of the molecule is CNCCCCCNC(=O)N[C@@H](CCC(=O)O)C(=O)O.O=C=O. The third-order valence-electron chi connectivity index (χ3n) is 2.64. The maximum absolute atomic E-state index is 11.4. The summed E-state index contributed by atoms with van der Waals surface area (Å²) in [6, 6.07) is -1.77. The van der Waals surface area contributed by atoms with Gasteiger partial charge >= 0.3 is 24.1 Å². The molecule has 0 aliphatic carbocycles. The van der Waals surface area contributed by atoms with Crippen LogP contribution in [0.1, 0.15) is 32.1 Å². The number of nitrogens with one attached hydrogen (secondary N) is 3. The molecule has 0 aromatic rings. The van der Waals surface area contributed by atoms with Gasteiger partial charge in [-0.25, -0.2) is 9.59 Å². The van der Waals surface area contributed by atoms with E-state index >= 15 is 0 Å². The first kappa shape index (κ1) is 22.8. The van der Waals surface area contributed by atoms with Gasteiger partial charge in [0.1, 0.15) is 6.04 Å². The van der Waals surface area contributed by atoms with Gasteiger partial charge in [-0.1, -0.05) is 6.42 Å². The average Bonchev–Trinajstić information content (AvgIpc) is 2.47. The van der Waals surface area contributed by atoms with Crippen LogP contribution in [0.5, 0.6) is 0 Å². The predicted octanol–water partition coefficient (Wildman–Crippen LogP) is -0.590. The maximum Gasteiger partial charge on any atom is 0.373 e. The van der Waals surface area contributed by atoms with E-state index in [4.69, 9.17) is 19.8 Å². The Balaban J connectivity index is 0. The maximum atomic E-state index is 11.4. The van der Waals surface area contributed by atoms with Gasteiger partial charge in [-0.05, 0) is 32.9 Å². The van der Waals surface area contributed by atoms with E-state index in [1.54, 1.807) is 0 Å². The molecule has 2 amide bonds. The molecule has 10 nitrogen and oxygen atoms in total. The van der Waals surface area contributed by atoms with Crippen molar-refractivity contribution in [1.29, 1.82) is 0 Å². The van der Waals surface area contributed by atoms with Crippen LogP contribution in [-0.4, -0.2) is 60.5 Å². The van der Waals surface area contributed by atoms with Crippen LogP contribution in [-0.2, 0) is 19.2 Å². The zero-order valence-corrected chi connectivity index (χ0v) is 13.0. The van der Waals surface area contributed by atoms with Crippen LogP contribution in [0.4, 0.5) is 4.79 Å². The molecule has 0 saturated carbocycles. The lowest BCUT2D eigenvalue weighted by molar-refractivity contribution is -0.191. The molecule has 0 aromatic carbocycles. The standard InChI is InChI=1S/C12H23N3O5.CO2/c1-13-7-3-2-4-8-14-12(20)15-9(11(18)19)5-6-10(16)17;2-1-3/h9,13H,2-8H2,1H3,(H,16,17)(H,18,19)(H2,14,15,20);/t9-;/m0./s1. The van der Waals surface area contributed by atoms with Gasteiger partial charge in [0.2, 0.25) is 0 Å². The summed E-state index contributed by atoms with van der Waals surface area (Å²) in [7, 11) is 1.87. The van der Waals surface area contributed by atoms with Gasteiger partial charge in [0.15, 0.2) is 0 Å². The number of carboxylic acids is 2.